The van der Waals surface area contributed by atoms with Gasteiger partial charge in [0.05, 0.1) is 11.5 Å². The molecule has 3 heteroatoms. The molecule has 0 unspecified atom stereocenters. The molecular formula is C17H18O2S. The van der Waals surface area contributed by atoms with E-state index in [-0.39, 0.29) is 5.78 Å². The Morgan fingerprint density at radius 3 is 2.65 bits per heavy atom. The highest BCUT2D eigenvalue weighted by Crippen LogP contribution is 2.31. The summed E-state index contributed by atoms with van der Waals surface area (Å²) in [5, 5.41) is 0. The van der Waals surface area contributed by atoms with Crippen molar-refractivity contribution in [1.29, 1.82) is 0 Å². The maximum atomic E-state index is 12.5. The molecule has 0 saturated carbocycles. The number of carbonyl (C=O) groups excluding carboxylic acids is 1. The lowest BCUT2D eigenvalue weighted by molar-refractivity contribution is 0.104. The fraction of sp³-hybridized carbons (Fsp3) is 0.353. The van der Waals surface area contributed by atoms with Gasteiger partial charge < -0.3 is 4.74 Å². The third-order valence-corrected chi connectivity index (χ3v) is 4.88. The summed E-state index contributed by atoms with van der Waals surface area (Å²) in [6, 6.07) is 9.53. The average Bonchev–Trinajstić information content (AvgIpc) is 2.91. The van der Waals surface area contributed by atoms with E-state index in [2.05, 4.69) is 6.07 Å². The summed E-state index contributed by atoms with van der Waals surface area (Å²) in [5.41, 5.74) is 2.13. The van der Waals surface area contributed by atoms with Crippen LogP contribution in [0.2, 0.25) is 0 Å². The minimum absolute atomic E-state index is 0.132. The Morgan fingerprint density at radius 2 is 1.95 bits per heavy atom. The van der Waals surface area contributed by atoms with Crippen molar-refractivity contribution in [1.82, 2.24) is 0 Å². The Balaban J connectivity index is 1.82. The Kier molecular flexibility index (Phi) is 3.88. The number of thiophene rings is 1. The van der Waals surface area contributed by atoms with E-state index in [1.54, 1.807) is 11.3 Å². The molecule has 0 spiro atoms. The van der Waals surface area contributed by atoms with Gasteiger partial charge in [-0.25, -0.2) is 0 Å². The topological polar surface area (TPSA) is 26.3 Å². The van der Waals surface area contributed by atoms with Gasteiger partial charge in [-0.05, 0) is 68.5 Å². The molecule has 0 fully saturated rings. The molecule has 0 bridgehead atoms. The first kappa shape index (κ1) is 13.4. The molecule has 3 rings (SSSR count). The number of fused-ring (bicyclic) bond motifs is 1. The fourth-order valence-corrected chi connectivity index (χ4v) is 3.83. The minimum atomic E-state index is 0.132. The molecule has 1 heterocycles. The highest BCUT2D eigenvalue weighted by molar-refractivity contribution is 7.14. The smallest absolute Gasteiger partial charge is 0.202 e. The van der Waals surface area contributed by atoms with E-state index in [1.807, 2.05) is 31.2 Å². The molecule has 0 N–H and O–H groups in total. The van der Waals surface area contributed by atoms with Crippen LogP contribution in [0.15, 0.2) is 30.3 Å². The summed E-state index contributed by atoms with van der Waals surface area (Å²) < 4.78 is 5.40. The van der Waals surface area contributed by atoms with Crippen LogP contribution in [0.25, 0.3) is 0 Å². The normalized spacial score (nSPS) is 13.8. The molecule has 1 aromatic heterocycles. The second-order valence-electron chi connectivity index (χ2n) is 5.05. The van der Waals surface area contributed by atoms with E-state index in [4.69, 9.17) is 4.74 Å². The molecule has 1 aromatic carbocycles. The number of rotatable bonds is 4. The molecule has 0 radical (unpaired) electrons. The Morgan fingerprint density at radius 1 is 1.20 bits per heavy atom. The molecule has 2 aromatic rings. The molecule has 1 aliphatic rings. The SMILES string of the molecule is CCOc1ccc(C(=O)c2cc3c(s2)CCCC3)cc1. The molecule has 2 nitrogen and oxygen atoms in total. The molecular weight excluding hydrogens is 268 g/mol. The lowest BCUT2D eigenvalue weighted by Crippen LogP contribution is -1.99. The highest BCUT2D eigenvalue weighted by Gasteiger charge is 2.18. The monoisotopic (exact) mass is 286 g/mol. The van der Waals surface area contributed by atoms with Gasteiger partial charge in [-0.1, -0.05) is 0 Å². The van der Waals surface area contributed by atoms with Crippen LogP contribution in [0.4, 0.5) is 0 Å². The predicted octanol–water partition coefficient (Wildman–Crippen LogP) is 4.26. The van der Waals surface area contributed by atoms with Gasteiger partial charge in [0.25, 0.3) is 0 Å². The quantitative estimate of drug-likeness (QED) is 0.785. The van der Waals surface area contributed by atoms with Crippen molar-refractivity contribution in [2.24, 2.45) is 0 Å². The average molecular weight is 286 g/mol. The third kappa shape index (κ3) is 2.63. The molecule has 20 heavy (non-hydrogen) atoms. The number of hydrogen-bond donors (Lipinski definition) is 0. The standard InChI is InChI=1S/C17H18O2S/c1-2-19-14-9-7-12(8-10-14)17(18)16-11-13-5-3-4-6-15(13)20-16/h7-11H,2-6H2,1H3. The summed E-state index contributed by atoms with van der Waals surface area (Å²) in [5.74, 6) is 0.946. The summed E-state index contributed by atoms with van der Waals surface area (Å²) in [7, 11) is 0. The third-order valence-electron chi connectivity index (χ3n) is 3.65. The van der Waals surface area contributed by atoms with Crippen molar-refractivity contribution < 1.29 is 9.53 Å². The van der Waals surface area contributed by atoms with E-state index in [0.29, 0.717) is 6.61 Å². The van der Waals surface area contributed by atoms with Crippen molar-refractivity contribution in [3.8, 4) is 5.75 Å². The first-order valence-corrected chi connectivity index (χ1v) is 7.98. The van der Waals surface area contributed by atoms with Crippen LogP contribution < -0.4 is 4.74 Å². The van der Waals surface area contributed by atoms with Crippen LogP contribution in [0.5, 0.6) is 5.75 Å². The Bertz CT molecular complexity index is 587. The lowest BCUT2D eigenvalue weighted by atomic mass is 9.98. The fourth-order valence-electron chi connectivity index (χ4n) is 2.61. The minimum Gasteiger partial charge on any atom is -0.494 e. The molecule has 0 amide bonds. The van der Waals surface area contributed by atoms with E-state index in [9.17, 15) is 4.79 Å². The second-order valence-corrected chi connectivity index (χ2v) is 6.19. The maximum absolute atomic E-state index is 12.5. The molecule has 104 valence electrons. The van der Waals surface area contributed by atoms with Gasteiger partial charge in [-0.3, -0.25) is 4.79 Å². The van der Waals surface area contributed by atoms with Crippen molar-refractivity contribution in [2.75, 3.05) is 6.61 Å². The lowest BCUT2D eigenvalue weighted by Gasteiger charge is -2.08. The summed E-state index contributed by atoms with van der Waals surface area (Å²) in [6.45, 7) is 2.60. The first-order chi connectivity index (χ1) is 9.78. The van der Waals surface area contributed by atoms with Gasteiger partial charge in [0.2, 0.25) is 5.78 Å². The zero-order valence-electron chi connectivity index (χ0n) is 11.6. The van der Waals surface area contributed by atoms with Crippen molar-refractivity contribution in [2.45, 2.75) is 32.6 Å². The van der Waals surface area contributed by atoms with Crippen LogP contribution in [-0.2, 0) is 12.8 Å². The summed E-state index contributed by atoms with van der Waals surface area (Å²) >= 11 is 1.67. The van der Waals surface area contributed by atoms with E-state index in [0.717, 1.165) is 29.0 Å². The van der Waals surface area contributed by atoms with Crippen LogP contribution in [-0.4, -0.2) is 12.4 Å². The first-order valence-electron chi connectivity index (χ1n) is 7.17. The van der Waals surface area contributed by atoms with Crippen LogP contribution in [0.1, 0.15) is 45.4 Å². The molecule has 1 aliphatic carbocycles. The van der Waals surface area contributed by atoms with Gasteiger partial charge in [-0.2, -0.15) is 0 Å². The highest BCUT2D eigenvalue weighted by atomic mass is 32.1. The van der Waals surface area contributed by atoms with Gasteiger partial charge in [-0.15, -0.1) is 11.3 Å². The van der Waals surface area contributed by atoms with Crippen LogP contribution in [0.3, 0.4) is 0 Å². The number of hydrogen-bond acceptors (Lipinski definition) is 3. The zero-order valence-corrected chi connectivity index (χ0v) is 12.5. The summed E-state index contributed by atoms with van der Waals surface area (Å²) in [4.78, 5) is 14.8. The molecule has 0 saturated heterocycles. The maximum Gasteiger partial charge on any atom is 0.202 e. The zero-order chi connectivity index (χ0) is 13.9. The van der Waals surface area contributed by atoms with Crippen molar-refractivity contribution in [3.05, 3.63) is 51.2 Å². The second kappa shape index (κ2) is 5.80. The van der Waals surface area contributed by atoms with Gasteiger partial charge in [0.15, 0.2) is 0 Å². The van der Waals surface area contributed by atoms with E-state index >= 15 is 0 Å². The van der Waals surface area contributed by atoms with E-state index < -0.39 is 0 Å². The number of ether oxygens (including phenoxy) is 1. The van der Waals surface area contributed by atoms with Crippen molar-refractivity contribution in [3.63, 3.8) is 0 Å². The van der Waals surface area contributed by atoms with Crippen molar-refractivity contribution >= 4 is 17.1 Å². The van der Waals surface area contributed by atoms with Crippen LogP contribution in [0, 0.1) is 0 Å². The Labute approximate surface area is 123 Å². The predicted molar refractivity (Wildman–Crippen MR) is 82.0 cm³/mol. The van der Waals surface area contributed by atoms with Gasteiger partial charge >= 0.3 is 0 Å². The summed E-state index contributed by atoms with van der Waals surface area (Å²) in [6.07, 6.45) is 4.77. The van der Waals surface area contributed by atoms with E-state index in [1.165, 1.54) is 23.3 Å². The van der Waals surface area contributed by atoms with Crippen LogP contribution >= 0.6 is 11.3 Å². The molecule has 0 atom stereocenters. The number of carbonyl (C=O) groups is 1. The number of ketones is 1. The largest absolute Gasteiger partial charge is 0.494 e. The number of aryl methyl sites for hydroxylation is 2. The Hall–Kier alpha value is -1.61. The van der Waals surface area contributed by atoms with Gasteiger partial charge in [0.1, 0.15) is 5.75 Å². The van der Waals surface area contributed by atoms with Gasteiger partial charge in [0, 0.05) is 10.4 Å². The number of benzene rings is 1. The molecule has 0 aliphatic heterocycles.